The highest BCUT2D eigenvalue weighted by Crippen LogP contribution is 1.96. The van der Waals surface area contributed by atoms with Crippen LogP contribution in [0.4, 0.5) is 0 Å². The van der Waals surface area contributed by atoms with E-state index >= 15 is 0 Å². The largest absolute Gasteiger partial charge is 0.349 e. The third-order valence-corrected chi connectivity index (χ3v) is 0.945. The molecule has 9 heavy (non-hydrogen) atoms. The average Bonchev–Trinajstić information content (AvgIpc) is 1.82. The summed E-state index contributed by atoms with van der Waals surface area (Å²) < 4.78 is 9.41. The second kappa shape index (κ2) is 4.78. The standard InChI is InChI=1S/C5H10O3S/c1-3-8-5(7-2)4(6)9/h5H,3H2,1-2H3,(H,6,9). The molecule has 0 amide bonds. The van der Waals surface area contributed by atoms with Crippen molar-refractivity contribution in [3.8, 4) is 0 Å². The number of ether oxygens (including phenoxy) is 2. The first-order valence-corrected chi connectivity index (χ1v) is 3.04. The minimum Gasteiger partial charge on any atom is -0.349 e. The lowest BCUT2D eigenvalue weighted by atomic mass is 10.7. The molecule has 0 heterocycles. The second-order valence-electron chi connectivity index (χ2n) is 1.36. The molecular formula is C5H10O3S. The van der Waals surface area contributed by atoms with Gasteiger partial charge in [0.1, 0.15) is 0 Å². The Kier molecular flexibility index (Phi) is 4.75. The summed E-state index contributed by atoms with van der Waals surface area (Å²) in [4.78, 5) is 10.4. The first-order valence-electron chi connectivity index (χ1n) is 2.59. The van der Waals surface area contributed by atoms with Crippen LogP contribution < -0.4 is 0 Å². The lowest BCUT2D eigenvalue weighted by Gasteiger charge is -2.09. The fourth-order valence-corrected chi connectivity index (χ4v) is 0.571. The van der Waals surface area contributed by atoms with E-state index in [4.69, 9.17) is 4.74 Å². The van der Waals surface area contributed by atoms with E-state index in [0.29, 0.717) is 6.61 Å². The van der Waals surface area contributed by atoms with Crippen LogP contribution in [0.1, 0.15) is 6.92 Å². The van der Waals surface area contributed by atoms with Crippen molar-refractivity contribution in [2.75, 3.05) is 13.7 Å². The first-order chi connectivity index (χ1) is 4.22. The van der Waals surface area contributed by atoms with Crippen LogP contribution in [0.25, 0.3) is 0 Å². The zero-order valence-electron chi connectivity index (χ0n) is 5.46. The second-order valence-corrected chi connectivity index (χ2v) is 1.80. The Balaban J connectivity index is 3.54. The summed E-state index contributed by atoms with van der Waals surface area (Å²) in [5.74, 6) is 0. The summed E-state index contributed by atoms with van der Waals surface area (Å²) in [5, 5.41) is -0.403. The molecule has 3 nitrogen and oxygen atoms in total. The molecule has 0 saturated heterocycles. The van der Waals surface area contributed by atoms with Crippen molar-refractivity contribution in [1.29, 1.82) is 0 Å². The van der Waals surface area contributed by atoms with Crippen LogP contribution in [0, 0.1) is 0 Å². The predicted octanol–water partition coefficient (Wildman–Crippen LogP) is 0.452. The Labute approximate surface area is 59.7 Å². The molecule has 0 saturated carbocycles. The van der Waals surface area contributed by atoms with Crippen molar-refractivity contribution in [3.05, 3.63) is 0 Å². The van der Waals surface area contributed by atoms with E-state index in [0.717, 1.165) is 0 Å². The van der Waals surface area contributed by atoms with Gasteiger partial charge in [0.2, 0.25) is 11.4 Å². The number of hydrogen-bond acceptors (Lipinski definition) is 3. The van der Waals surface area contributed by atoms with Crippen molar-refractivity contribution < 1.29 is 14.3 Å². The highest BCUT2D eigenvalue weighted by atomic mass is 32.1. The Bertz CT molecular complexity index is 94.2. The maximum atomic E-state index is 10.4. The third-order valence-electron chi connectivity index (χ3n) is 0.734. The molecule has 0 aromatic carbocycles. The van der Waals surface area contributed by atoms with Gasteiger partial charge < -0.3 is 9.47 Å². The molecule has 0 aliphatic carbocycles. The molecule has 0 radical (unpaired) electrons. The van der Waals surface area contributed by atoms with Gasteiger partial charge >= 0.3 is 0 Å². The van der Waals surface area contributed by atoms with Gasteiger partial charge in [-0.1, -0.05) is 0 Å². The predicted molar refractivity (Wildman–Crippen MR) is 36.4 cm³/mol. The zero-order valence-corrected chi connectivity index (χ0v) is 6.35. The summed E-state index contributed by atoms with van der Waals surface area (Å²) in [5.41, 5.74) is 0. The molecule has 54 valence electrons. The number of hydrogen-bond donors (Lipinski definition) is 1. The van der Waals surface area contributed by atoms with Gasteiger partial charge in [-0.05, 0) is 6.92 Å². The number of thiol groups is 1. The smallest absolute Gasteiger partial charge is 0.242 e. The molecule has 0 N–H and O–H groups in total. The van der Waals surface area contributed by atoms with Gasteiger partial charge in [0.15, 0.2) is 0 Å². The number of rotatable bonds is 4. The Morgan fingerprint density at radius 2 is 2.33 bits per heavy atom. The van der Waals surface area contributed by atoms with Crippen molar-refractivity contribution >= 4 is 17.7 Å². The molecule has 0 spiro atoms. The van der Waals surface area contributed by atoms with Crippen LogP contribution in [0.2, 0.25) is 0 Å². The first kappa shape index (κ1) is 8.94. The highest BCUT2D eigenvalue weighted by molar-refractivity contribution is 7.96. The molecule has 0 bridgehead atoms. The summed E-state index contributed by atoms with van der Waals surface area (Å²) in [6, 6.07) is 0. The lowest BCUT2D eigenvalue weighted by molar-refractivity contribution is -0.152. The number of methoxy groups -OCH3 is 1. The van der Waals surface area contributed by atoms with Crippen LogP contribution in [-0.4, -0.2) is 25.1 Å². The van der Waals surface area contributed by atoms with Crippen LogP contribution in [0.15, 0.2) is 0 Å². The van der Waals surface area contributed by atoms with Gasteiger partial charge in [-0.3, -0.25) is 4.79 Å². The number of carbonyl (C=O) groups is 1. The van der Waals surface area contributed by atoms with E-state index in [2.05, 4.69) is 17.4 Å². The van der Waals surface area contributed by atoms with E-state index in [9.17, 15) is 4.79 Å². The SMILES string of the molecule is CCOC(OC)C(=O)S. The van der Waals surface area contributed by atoms with Crippen LogP contribution >= 0.6 is 12.6 Å². The Morgan fingerprint density at radius 1 is 1.78 bits per heavy atom. The van der Waals surface area contributed by atoms with Crippen molar-refractivity contribution in [1.82, 2.24) is 0 Å². The molecular weight excluding hydrogens is 140 g/mol. The minimum atomic E-state index is -0.807. The molecule has 1 unspecified atom stereocenters. The highest BCUT2D eigenvalue weighted by Gasteiger charge is 2.11. The molecule has 0 aliphatic heterocycles. The summed E-state index contributed by atoms with van der Waals surface area (Å²) in [7, 11) is 1.40. The maximum absolute atomic E-state index is 10.4. The molecule has 0 rings (SSSR count). The van der Waals surface area contributed by atoms with Crippen LogP contribution in [-0.2, 0) is 14.3 Å². The van der Waals surface area contributed by atoms with Gasteiger partial charge in [-0.2, -0.15) is 0 Å². The van der Waals surface area contributed by atoms with E-state index in [1.54, 1.807) is 6.92 Å². The number of carbonyl (C=O) groups excluding carboxylic acids is 1. The van der Waals surface area contributed by atoms with E-state index < -0.39 is 11.4 Å². The fraction of sp³-hybridized carbons (Fsp3) is 0.800. The van der Waals surface area contributed by atoms with Crippen molar-refractivity contribution in [3.63, 3.8) is 0 Å². The lowest BCUT2D eigenvalue weighted by Crippen LogP contribution is -2.21. The van der Waals surface area contributed by atoms with Gasteiger partial charge in [0, 0.05) is 13.7 Å². The van der Waals surface area contributed by atoms with E-state index in [-0.39, 0.29) is 0 Å². The normalized spacial score (nSPS) is 13.2. The molecule has 0 aromatic rings. The van der Waals surface area contributed by atoms with Gasteiger partial charge in [-0.15, -0.1) is 12.6 Å². The van der Waals surface area contributed by atoms with E-state index in [1.165, 1.54) is 7.11 Å². The fourth-order valence-electron chi connectivity index (χ4n) is 0.392. The Hall–Kier alpha value is -0.0600. The summed E-state index contributed by atoms with van der Waals surface area (Å²) >= 11 is 3.52. The average molecular weight is 150 g/mol. The molecule has 0 aliphatic rings. The monoisotopic (exact) mass is 150 g/mol. The van der Waals surface area contributed by atoms with Crippen molar-refractivity contribution in [2.45, 2.75) is 13.2 Å². The minimum absolute atomic E-state index is 0.403. The van der Waals surface area contributed by atoms with Crippen LogP contribution in [0.5, 0.6) is 0 Å². The topological polar surface area (TPSA) is 35.5 Å². The molecule has 1 atom stereocenters. The maximum Gasteiger partial charge on any atom is 0.242 e. The quantitative estimate of drug-likeness (QED) is 0.467. The molecule has 0 aromatic heterocycles. The third kappa shape index (κ3) is 3.51. The van der Waals surface area contributed by atoms with Gasteiger partial charge in [0.25, 0.3) is 0 Å². The Morgan fingerprint density at radius 3 is 2.44 bits per heavy atom. The van der Waals surface area contributed by atoms with Crippen molar-refractivity contribution in [2.24, 2.45) is 0 Å². The zero-order chi connectivity index (χ0) is 7.28. The molecule has 0 fully saturated rings. The molecule has 4 heteroatoms. The summed E-state index contributed by atoms with van der Waals surface area (Å²) in [6.07, 6.45) is -0.807. The van der Waals surface area contributed by atoms with Gasteiger partial charge in [-0.25, -0.2) is 0 Å². The van der Waals surface area contributed by atoms with Gasteiger partial charge in [0.05, 0.1) is 0 Å². The summed E-state index contributed by atoms with van der Waals surface area (Å²) in [6.45, 7) is 2.23. The van der Waals surface area contributed by atoms with Crippen LogP contribution in [0.3, 0.4) is 0 Å². The van der Waals surface area contributed by atoms with E-state index in [1.807, 2.05) is 0 Å².